The van der Waals surface area contributed by atoms with Gasteiger partial charge in [0, 0.05) is 4.90 Å². The van der Waals surface area contributed by atoms with Crippen LogP contribution in [0.3, 0.4) is 0 Å². The van der Waals surface area contributed by atoms with E-state index in [0.29, 0.717) is 5.75 Å². The highest BCUT2D eigenvalue weighted by Gasteiger charge is 2.06. The minimum Gasteiger partial charge on any atom is -0.481 e. The zero-order valence-electron chi connectivity index (χ0n) is 10.8. The molecule has 1 N–H and O–H groups in total. The minimum atomic E-state index is -0.814. The first-order valence-electron chi connectivity index (χ1n) is 5.91. The van der Waals surface area contributed by atoms with Crippen LogP contribution in [0.5, 0.6) is 0 Å². The van der Waals surface area contributed by atoms with Gasteiger partial charge in [-0.1, -0.05) is 12.1 Å². The number of nitrogens with zero attached hydrogens (tertiary/aromatic N) is 1. The number of benzene rings is 1. The lowest BCUT2D eigenvalue weighted by Crippen LogP contribution is -1.99. The average molecular weight is 277 g/mol. The maximum absolute atomic E-state index is 10.6. The Morgan fingerprint density at radius 1 is 1.32 bits per heavy atom. The van der Waals surface area contributed by atoms with E-state index in [0.717, 1.165) is 27.8 Å². The van der Waals surface area contributed by atoms with Crippen molar-refractivity contribution in [3.63, 3.8) is 0 Å². The lowest BCUT2D eigenvalue weighted by molar-refractivity contribution is -0.136. The monoisotopic (exact) mass is 277 g/mol. The average Bonchev–Trinajstić information content (AvgIpc) is 2.67. The summed E-state index contributed by atoms with van der Waals surface area (Å²) in [5.41, 5.74) is 1.73. The number of carboxylic acid groups (broad SMARTS) is 1. The Bertz CT molecular complexity index is 555. The normalized spacial score (nSPS) is 10.6. The van der Waals surface area contributed by atoms with Crippen molar-refractivity contribution in [1.82, 2.24) is 4.98 Å². The van der Waals surface area contributed by atoms with Crippen molar-refractivity contribution in [2.24, 2.45) is 0 Å². The predicted molar refractivity (Wildman–Crippen MR) is 73.3 cm³/mol. The molecule has 0 radical (unpaired) electrons. The van der Waals surface area contributed by atoms with Crippen LogP contribution in [0.1, 0.15) is 22.9 Å². The van der Waals surface area contributed by atoms with E-state index >= 15 is 0 Å². The molecule has 1 heterocycles. The van der Waals surface area contributed by atoms with Gasteiger partial charge in [0.2, 0.25) is 5.89 Å². The van der Waals surface area contributed by atoms with Crippen LogP contribution in [0.25, 0.3) is 0 Å². The Hall–Kier alpha value is -1.75. The number of thioether (sulfide) groups is 1. The summed E-state index contributed by atoms with van der Waals surface area (Å²) in [5.74, 6) is 1.43. The van der Waals surface area contributed by atoms with Crippen molar-refractivity contribution >= 4 is 17.7 Å². The molecule has 0 saturated heterocycles. The van der Waals surface area contributed by atoms with Gasteiger partial charge in [0.1, 0.15) is 5.76 Å². The van der Waals surface area contributed by atoms with E-state index in [9.17, 15) is 4.79 Å². The molecule has 19 heavy (non-hydrogen) atoms. The van der Waals surface area contributed by atoms with Gasteiger partial charge in [0.25, 0.3) is 0 Å². The largest absolute Gasteiger partial charge is 0.481 e. The van der Waals surface area contributed by atoms with Crippen LogP contribution in [0.2, 0.25) is 0 Å². The maximum Gasteiger partial charge on any atom is 0.307 e. The summed E-state index contributed by atoms with van der Waals surface area (Å²) >= 11 is 1.62. The number of oxazole rings is 1. The Kier molecular flexibility index (Phi) is 4.27. The summed E-state index contributed by atoms with van der Waals surface area (Å²) < 4.78 is 5.50. The zero-order chi connectivity index (χ0) is 13.8. The van der Waals surface area contributed by atoms with Gasteiger partial charge in [-0.2, -0.15) is 0 Å². The number of hydrogen-bond acceptors (Lipinski definition) is 4. The fourth-order valence-electron chi connectivity index (χ4n) is 1.62. The molecule has 2 aromatic rings. The Morgan fingerprint density at radius 2 is 2.00 bits per heavy atom. The molecule has 0 aliphatic rings. The molecule has 0 unspecified atom stereocenters. The molecule has 5 heteroatoms. The smallest absolute Gasteiger partial charge is 0.307 e. The van der Waals surface area contributed by atoms with Crippen molar-refractivity contribution in [3.05, 3.63) is 47.2 Å². The minimum absolute atomic E-state index is 0.0586. The second-order valence-corrected chi connectivity index (χ2v) is 5.30. The summed E-state index contributed by atoms with van der Waals surface area (Å²) in [6, 6.07) is 7.52. The lowest BCUT2D eigenvalue weighted by atomic mass is 10.2. The number of aliphatic carboxylic acids is 1. The van der Waals surface area contributed by atoms with Gasteiger partial charge in [0.15, 0.2) is 0 Å². The van der Waals surface area contributed by atoms with Gasteiger partial charge >= 0.3 is 5.97 Å². The number of carbonyl (C=O) groups is 1. The third-order valence-corrected chi connectivity index (χ3v) is 3.71. The van der Waals surface area contributed by atoms with Crippen LogP contribution in [-0.4, -0.2) is 16.1 Å². The topological polar surface area (TPSA) is 63.3 Å². The Morgan fingerprint density at radius 3 is 2.53 bits per heavy atom. The van der Waals surface area contributed by atoms with E-state index in [1.54, 1.807) is 11.8 Å². The molecule has 0 amide bonds. The second kappa shape index (κ2) is 5.93. The quantitative estimate of drug-likeness (QED) is 0.850. The molecule has 4 nitrogen and oxygen atoms in total. The lowest BCUT2D eigenvalue weighted by Gasteiger charge is -2.01. The SMILES string of the molecule is Cc1nc(CSc2ccc(CC(=O)O)cc2)oc1C. The van der Waals surface area contributed by atoms with Crippen molar-refractivity contribution < 1.29 is 14.3 Å². The second-order valence-electron chi connectivity index (χ2n) is 4.25. The highest BCUT2D eigenvalue weighted by Crippen LogP contribution is 2.23. The molecule has 1 aromatic carbocycles. The Labute approximate surface area is 115 Å². The van der Waals surface area contributed by atoms with Crippen molar-refractivity contribution in [3.8, 4) is 0 Å². The number of rotatable bonds is 5. The summed E-state index contributed by atoms with van der Waals surface area (Å²) in [4.78, 5) is 16.0. The van der Waals surface area contributed by atoms with Gasteiger partial charge < -0.3 is 9.52 Å². The predicted octanol–water partition coefficient (Wildman–Crippen LogP) is 3.21. The van der Waals surface area contributed by atoms with Crippen LogP contribution in [0, 0.1) is 13.8 Å². The number of aryl methyl sites for hydroxylation is 2. The number of hydrogen-bond donors (Lipinski definition) is 1. The molecular formula is C14H15NO3S. The summed E-state index contributed by atoms with van der Waals surface area (Å²) in [6.45, 7) is 3.82. The molecule has 0 aliphatic heterocycles. The number of aromatic nitrogens is 1. The van der Waals surface area contributed by atoms with E-state index in [1.807, 2.05) is 38.1 Å². The van der Waals surface area contributed by atoms with Gasteiger partial charge in [-0.05, 0) is 31.5 Å². The standard InChI is InChI=1S/C14H15NO3S/c1-9-10(2)18-13(15-9)8-19-12-5-3-11(4-6-12)7-14(16)17/h3-6H,7-8H2,1-2H3,(H,16,17). The molecule has 2 rings (SSSR count). The third-order valence-electron chi connectivity index (χ3n) is 2.71. The molecule has 1 aromatic heterocycles. The summed E-state index contributed by atoms with van der Waals surface area (Å²) in [5, 5.41) is 8.69. The van der Waals surface area contributed by atoms with Crippen molar-refractivity contribution in [2.75, 3.05) is 0 Å². The van der Waals surface area contributed by atoms with Crippen LogP contribution in [0.15, 0.2) is 33.6 Å². The first kappa shape index (κ1) is 13.7. The summed E-state index contributed by atoms with van der Waals surface area (Å²) in [7, 11) is 0. The molecule has 0 saturated carbocycles. The molecule has 0 aliphatic carbocycles. The van der Waals surface area contributed by atoms with E-state index in [1.165, 1.54) is 0 Å². The molecular weight excluding hydrogens is 262 g/mol. The van der Waals surface area contributed by atoms with Crippen molar-refractivity contribution in [2.45, 2.75) is 30.9 Å². The highest BCUT2D eigenvalue weighted by atomic mass is 32.2. The molecule has 0 spiro atoms. The van der Waals surface area contributed by atoms with E-state index < -0.39 is 5.97 Å². The molecule has 100 valence electrons. The van der Waals surface area contributed by atoms with Crippen LogP contribution < -0.4 is 0 Å². The van der Waals surface area contributed by atoms with Crippen LogP contribution in [-0.2, 0) is 17.0 Å². The highest BCUT2D eigenvalue weighted by molar-refractivity contribution is 7.98. The zero-order valence-corrected chi connectivity index (χ0v) is 11.7. The van der Waals surface area contributed by atoms with Gasteiger partial charge in [-0.25, -0.2) is 4.98 Å². The first-order valence-corrected chi connectivity index (χ1v) is 6.89. The first-order chi connectivity index (χ1) is 9.04. The molecule has 0 atom stereocenters. The fourth-order valence-corrected chi connectivity index (χ4v) is 2.37. The van der Waals surface area contributed by atoms with E-state index in [4.69, 9.17) is 9.52 Å². The third kappa shape index (κ3) is 3.86. The fraction of sp³-hybridized carbons (Fsp3) is 0.286. The summed E-state index contributed by atoms with van der Waals surface area (Å²) in [6.07, 6.45) is 0.0586. The number of carboxylic acids is 1. The van der Waals surface area contributed by atoms with E-state index in [-0.39, 0.29) is 6.42 Å². The molecule has 0 fully saturated rings. The van der Waals surface area contributed by atoms with E-state index in [2.05, 4.69) is 4.98 Å². The van der Waals surface area contributed by atoms with Crippen LogP contribution in [0.4, 0.5) is 0 Å². The maximum atomic E-state index is 10.6. The van der Waals surface area contributed by atoms with Gasteiger partial charge in [-0.3, -0.25) is 4.79 Å². The van der Waals surface area contributed by atoms with Crippen molar-refractivity contribution in [1.29, 1.82) is 0 Å². The van der Waals surface area contributed by atoms with Crippen LogP contribution >= 0.6 is 11.8 Å². The molecule has 0 bridgehead atoms. The van der Waals surface area contributed by atoms with Gasteiger partial charge in [-0.15, -0.1) is 11.8 Å². The Balaban J connectivity index is 1.94. The van der Waals surface area contributed by atoms with Gasteiger partial charge in [0.05, 0.1) is 17.9 Å².